The number of nitrogens with one attached hydrogen (secondary N) is 7. The average Bonchev–Trinajstić information content (AvgIpc) is 3.80. The number of hydrogen-bond acceptors (Lipinski definition) is 15. The van der Waals surface area contributed by atoms with E-state index in [0.29, 0.717) is 74.5 Å². The Balaban J connectivity index is 0.851. The lowest BCUT2D eigenvalue weighted by Crippen LogP contribution is -2.39. The molecule has 378 valence electrons. The van der Waals surface area contributed by atoms with Crippen molar-refractivity contribution in [3.63, 3.8) is 0 Å². The lowest BCUT2D eigenvalue weighted by molar-refractivity contribution is -0.139. The number of aromatic nitrogens is 4. The molecule has 2 atom stereocenters. The van der Waals surface area contributed by atoms with Crippen molar-refractivity contribution < 1.29 is 33.6 Å². The Bertz CT molecular complexity index is 2280. The summed E-state index contributed by atoms with van der Waals surface area (Å²) in [4.78, 5) is 113. The molecule has 2 aliphatic rings. The minimum Gasteiger partial charge on any atom is -0.382 e. The lowest BCUT2D eigenvalue weighted by Gasteiger charge is -2.30. The SMILES string of the molecule is CCCNc1nc(N)c2[nH]c(=O)n(Cc3ccc(C(=O)NCC(=O)CCCCCNCCCNC(=O)C4CCC(CN5C(=O)CC(SCC(=O)NCCCCC(NC)C(C)=O)C5=O)CC4)cc3)c2n1. The molecule has 20 nitrogen and oxygen atoms in total. The van der Waals surface area contributed by atoms with Crippen molar-refractivity contribution >= 4 is 75.8 Å². The monoisotopic (exact) mass is 977 g/mol. The molecule has 69 heavy (non-hydrogen) atoms. The van der Waals surface area contributed by atoms with Gasteiger partial charge in [-0.2, -0.15) is 9.97 Å². The number of nitrogens with zero attached hydrogens (tertiary/aromatic N) is 4. The van der Waals surface area contributed by atoms with Crippen molar-refractivity contribution in [3.8, 4) is 0 Å². The van der Waals surface area contributed by atoms with Crippen LogP contribution in [0.2, 0.25) is 0 Å². The van der Waals surface area contributed by atoms with E-state index in [1.807, 2.05) is 6.92 Å². The molecule has 1 aliphatic carbocycles. The molecule has 1 saturated heterocycles. The summed E-state index contributed by atoms with van der Waals surface area (Å²) in [6.45, 7) is 7.35. The van der Waals surface area contributed by atoms with Crippen molar-refractivity contribution in [1.29, 1.82) is 0 Å². The van der Waals surface area contributed by atoms with E-state index in [-0.39, 0.29) is 95.8 Å². The highest BCUT2D eigenvalue weighted by Gasteiger charge is 2.40. The van der Waals surface area contributed by atoms with Crippen LogP contribution in [0, 0.1) is 11.8 Å². The molecule has 1 aliphatic heterocycles. The third kappa shape index (κ3) is 17.1. The van der Waals surface area contributed by atoms with Crippen molar-refractivity contribution in [2.45, 2.75) is 122 Å². The molecule has 21 heteroatoms. The predicted octanol–water partition coefficient (Wildman–Crippen LogP) is 2.66. The van der Waals surface area contributed by atoms with E-state index in [0.717, 1.165) is 76.4 Å². The fourth-order valence-electron chi connectivity index (χ4n) is 8.59. The summed E-state index contributed by atoms with van der Waals surface area (Å²) in [5.74, 6) is -0.193. The van der Waals surface area contributed by atoms with Crippen LogP contribution in [0.3, 0.4) is 0 Å². The number of anilines is 2. The molecule has 0 radical (unpaired) electrons. The number of fused-ring (bicyclic) bond motifs is 1. The Morgan fingerprint density at radius 3 is 2.32 bits per heavy atom. The number of Topliss-reactive ketones (excluding diaryl/α,β-unsaturated/α-hetero) is 2. The number of H-pyrrole nitrogens is 1. The fourth-order valence-corrected chi connectivity index (χ4v) is 9.58. The summed E-state index contributed by atoms with van der Waals surface area (Å²) in [6, 6.07) is 6.64. The van der Waals surface area contributed by atoms with Crippen LogP contribution in [-0.2, 0) is 35.3 Å². The van der Waals surface area contributed by atoms with Crippen molar-refractivity contribution in [2.24, 2.45) is 11.8 Å². The second kappa shape index (κ2) is 28.1. The molecule has 9 N–H and O–H groups in total. The highest BCUT2D eigenvalue weighted by atomic mass is 32.2. The van der Waals surface area contributed by atoms with Gasteiger partial charge in [0, 0.05) is 50.5 Å². The van der Waals surface area contributed by atoms with Gasteiger partial charge in [-0.15, -0.1) is 11.8 Å². The Hall–Kier alpha value is -5.67. The summed E-state index contributed by atoms with van der Waals surface area (Å²) >= 11 is 1.20. The Kier molecular flexibility index (Phi) is 22.1. The summed E-state index contributed by atoms with van der Waals surface area (Å²) in [6.07, 6.45) is 9.82. The van der Waals surface area contributed by atoms with E-state index in [2.05, 4.69) is 46.9 Å². The molecular weight excluding hydrogens is 905 g/mol. The molecule has 5 amide bonds. The zero-order valence-corrected chi connectivity index (χ0v) is 41.2. The summed E-state index contributed by atoms with van der Waals surface area (Å²) in [7, 11) is 1.76. The van der Waals surface area contributed by atoms with Gasteiger partial charge < -0.3 is 42.6 Å². The molecule has 3 heterocycles. The van der Waals surface area contributed by atoms with Crippen LogP contribution in [0.5, 0.6) is 0 Å². The zero-order chi connectivity index (χ0) is 49.7. The van der Waals surface area contributed by atoms with Crippen LogP contribution >= 0.6 is 11.8 Å². The maximum Gasteiger partial charge on any atom is 0.328 e. The second-order valence-electron chi connectivity index (χ2n) is 18.1. The van der Waals surface area contributed by atoms with Crippen LogP contribution < -0.4 is 43.3 Å². The van der Waals surface area contributed by atoms with Crippen molar-refractivity contribution in [2.75, 3.05) is 69.7 Å². The second-order valence-corrected chi connectivity index (χ2v) is 19.3. The van der Waals surface area contributed by atoms with Gasteiger partial charge in [-0.05, 0) is 121 Å². The largest absolute Gasteiger partial charge is 0.382 e. The predicted molar refractivity (Wildman–Crippen MR) is 267 cm³/mol. The number of thioether (sulfide) groups is 1. The number of carbonyl (C=O) groups is 7. The number of carbonyl (C=O) groups excluding carboxylic acids is 7. The minimum atomic E-state index is -0.559. The number of ketones is 2. The summed E-state index contributed by atoms with van der Waals surface area (Å²) in [5.41, 5.74) is 7.61. The first kappa shape index (κ1) is 54.3. The number of nitrogen functional groups attached to an aromatic ring is 1. The minimum absolute atomic E-state index is 0.0423. The number of likely N-dealkylation sites (tertiary alicyclic amines) is 1. The van der Waals surface area contributed by atoms with Gasteiger partial charge in [0.25, 0.3) is 5.91 Å². The van der Waals surface area contributed by atoms with E-state index < -0.39 is 5.25 Å². The number of benzene rings is 1. The molecule has 2 aromatic heterocycles. The van der Waals surface area contributed by atoms with Gasteiger partial charge in [-0.3, -0.25) is 43.0 Å². The number of nitrogens with two attached hydrogens (primary N) is 1. The number of likely N-dealkylation sites (N-methyl/N-ethyl adjacent to an activating group) is 1. The summed E-state index contributed by atoms with van der Waals surface area (Å²) in [5, 5.41) is 17.5. The number of imidazole rings is 1. The third-order valence-electron chi connectivity index (χ3n) is 12.7. The molecule has 2 fully saturated rings. The first-order valence-corrected chi connectivity index (χ1v) is 25.6. The van der Waals surface area contributed by atoms with Crippen LogP contribution in [0.15, 0.2) is 29.1 Å². The van der Waals surface area contributed by atoms with E-state index in [1.165, 1.54) is 21.2 Å². The standard InChI is InChI=1S/C48H72N12O8S/c1-4-21-54-47-57-42(49)41-43(58-47)60(48(68)56-41)29-33-15-19-35(20-16-33)45(66)55-27-36(62)11-6-5-8-22-51-23-10-25-53-44(65)34-17-13-32(14-18-34)28-59-40(64)26-38(46(59)67)69-30-39(63)52-24-9-7-12-37(50-3)31(2)61/h15-16,19-20,32,34,37-38,50-51H,4-14,17-18,21-30H2,1-3H3,(H,52,63)(H,53,65)(H,55,66)(H,56,68)(H3,49,54,57,58). The van der Waals surface area contributed by atoms with E-state index in [9.17, 15) is 38.4 Å². The molecule has 5 rings (SSSR count). The Morgan fingerprint density at radius 1 is 0.870 bits per heavy atom. The molecule has 1 saturated carbocycles. The van der Waals surface area contributed by atoms with E-state index in [1.54, 1.807) is 38.2 Å². The number of imide groups is 1. The Morgan fingerprint density at radius 2 is 1.59 bits per heavy atom. The molecular formula is C48H72N12O8S. The number of rotatable bonds is 31. The normalized spacial score (nSPS) is 17.5. The molecule has 0 spiro atoms. The molecule has 0 bridgehead atoms. The van der Waals surface area contributed by atoms with Gasteiger partial charge in [-0.25, -0.2) is 4.79 Å². The average molecular weight is 977 g/mol. The maximum atomic E-state index is 13.1. The highest BCUT2D eigenvalue weighted by molar-refractivity contribution is 8.01. The van der Waals surface area contributed by atoms with Gasteiger partial charge in [-0.1, -0.05) is 25.5 Å². The van der Waals surface area contributed by atoms with Gasteiger partial charge in [0.05, 0.1) is 30.1 Å². The molecule has 3 aromatic rings. The smallest absolute Gasteiger partial charge is 0.328 e. The fraction of sp³-hybridized carbons (Fsp3) is 0.625. The maximum absolute atomic E-state index is 13.1. The first-order valence-electron chi connectivity index (χ1n) is 24.5. The van der Waals surface area contributed by atoms with Crippen molar-refractivity contribution in [1.82, 2.24) is 51.0 Å². The van der Waals surface area contributed by atoms with Crippen LogP contribution in [-0.4, -0.2) is 135 Å². The third-order valence-corrected chi connectivity index (χ3v) is 13.9. The molecule has 2 unspecified atom stereocenters. The Labute approximate surface area is 408 Å². The topological polar surface area (TPSA) is 284 Å². The van der Waals surface area contributed by atoms with Crippen LogP contribution in [0.1, 0.15) is 120 Å². The van der Waals surface area contributed by atoms with Gasteiger partial charge in [0.2, 0.25) is 29.6 Å². The first-order chi connectivity index (χ1) is 33.3. The van der Waals surface area contributed by atoms with Gasteiger partial charge in [0.1, 0.15) is 11.3 Å². The lowest BCUT2D eigenvalue weighted by atomic mass is 9.81. The van der Waals surface area contributed by atoms with Crippen molar-refractivity contribution in [3.05, 3.63) is 45.9 Å². The van der Waals surface area contributed by atoms with E-state index >= 15 is 0 Å². The number of unbranched alkanes of at least 4 members (excludes halogenated alkanes) is 3. The van der Waals surface area contributed by atoms with Gasteiger partial charge in [0.15, 0.2) is 17.2 Å². The van der Waals surface area contributed by atoms with E-state index in [4.69, 9.17) is 5.73 Å². The number of amides is 5. The quantitative estimate of drug-likeness (QED) is 0.0340. The number of aromatic amines is 1. The van der Waals surface area contributed by atoms with Crippen LogP contribution in [0.25, 0.3) is 11.2 Å². The highest BCUT2D eigenvalue weighted by Crippen LogP contribution is 2.32. The van der Waals surface area contributed by atoms with Gasteiger partial charge >= 0.3 is 5.69 Å². The van der Waals surface area contributed by atoms with Crippen LogP contribution in [0.4, 0.5) is 11.8 Å². The zero-order valence-electron chi connectivity index (χ0n) is 40.4. The molecule has 1 aromatic carbocycles. The number of hydrogen-bond donors (Lipinski definition) is 8. The summed E-state index contributed by atoms with van der Waals surface area (Å²) < 4.78 is 1.47.